The van der Waals surface area contributed by atoms with Crippen LogP contribution in [0, 0.1) is 11.7 Å². The summed E-state index contributed by atoms with van der Waals surface area (Å²) >= 11 is 1.48. The number of nitrogens with zero attached hydrogens (tertiary/aromatic N) is 3. The molecule has 0 aromatic carbocycles. The molecule has 1 aliphatic heterocycles. The highest BCUT2D eigenvalue weighted by Crippen LogP contribution is 2.24. The van der Waals surface area contributed by atoms with Crippen molar-refractivity contribution in [3.63, 3.8) is 0 Å². The number of aromatic nitrogens is 1. The van der Waals surface area contributed by atoms with Crippen LogP contribution < -0.4 is 4.90 Å². The van der Waals surface area contributed by atoms with E-state index in [-0.39, 0.29) is 5.82 Å². The average Bonchev–Trinajstić information content (AvgIpc) is 2.42. The monoisotopic (exact) mass is 309 g/mol. The van der Waals surface area contributed by atoms with Gasteiger partial charge >= 0.3 is 0 Å². The molecule has 1 atom stereocenters. The van der Waals surface area contributed by atoms with Crippen molar-refractivity contribution in [2.75, 3.05) is 30.8 Å². The van der Waals surface area contributed by atoms with Gasteiger partial charge in [0.25, 0.3) is 0 Å². The van der Waals surface area contributed by atoms with Gasteiger partial charge in [-0.05, 0) is 24.7 Å². The highest BCUT2D eigenvalue weighted by molar-refractivity contribution is 7.98. The number of rotatable bonds is 7. The van der Waals surface area contributed by atoms with Gasteiger partial charge in [0.2, 0.25) is 0 Å². The number of hydrogen-bond acceptors (Lipinski definition) is 5. The molecular formula is C15H20FN3OS. The Morgan fingerprint density at radius 3 is 2.95 bits per heavy atom. The van der Waals surface area contributed by atoms with Crippen LogP contribution >= 0.6 is 11.8 Å². The maximum atomic E-state index is 13.9. The number of aldehydes is 1. The van der Waals surface area contributed by atoms with Crippen LogP contribution in [-0.2, 0) is 4.79 Å². The van der Waals surface area contributed by atoms with E-state index in [0.29, 0.717) is 31.2 Å². The van der Waals surface area contributed by atoms with Gasteiger partial charge in [-0.1, -0.05) is 6.92 Å². The zero-order chi connectivity index (χ0) is 15.2. The number of aliphatic imine (C=N–C) groups is 1. The summed E-state index contributed by atoms with van der Waals surface area (Å²) in [6, 6.07) is 1.52. The van der Waals surface area contributed by atoms with E-state index in [2.05, 4.69) is 9.98 Å². The minimum absolute atomic E-state index is 0.277. The van der Waals surface area contributed by atoms with Crippen molar-refractivity contribution in [1.82, 2.24) is 4.98 Å². The molecular weight excluding hydrogens is 289 g/mol. The Morgan fingerprint density at radius 2 is 2.33 bits per heavy atom. The number of thioether (sulfide) groups is 1. The van der Waals surface area contributed by atoms with Gasteiger partial charge in [0, 0.05) is 24.1 Å². The number of hydrogen-bond donors (Lipinski definition) is 0. The second-order valence-corrected chi connectivity index (χ2v) is 6.16. The molecule has 1 unspecified atom stereocenters. The Balaban J connectivity index is 1.82. The number of halogens is 1. The van der Waals surface area contributed by atoms with Crippen LogP contribution in [0.5, 0.6) is 0 Å². The maximum Gasteiger partial charge on any atom is 0.166 e. The quantitative estimate of drug-likeness (QED) is 0.574. The molecule has 2 heterocycles. The van der Waals surface area contributed by atoms with Crippen molar-refractivity contribution in [3.8, 4) is 0 Å². The largest absolute Gasteiger partial charge is 0.343 e. The lowest BCUT2D eigenvalue weighted by atomic mass is 10.1. The molecule has 1 aromatic heterocycles. The van der Waals surface area contributed by atoms with Crippen LogP contribution in [0.4, 0.5) is 10.2 Å². The van der Waals surface area contributed by atoms with Gasteiger partial charge in [-0.3, -0.25) is 4.99 Å². The molecule has 0 bridgehead atoms. The van der Waals surface area contributed by atoms with Crippen LogP contribution in [0.15, 0.2) is 22.2 Å². The summed E-state index contributed by atoms with van der Waals surface area (Å²) in [5, 5.41) is 0. The van der Waals surface area contributed by atoms with Crippen LogP contribution in [-0.4, -0.2) is 42.9 Å². The van der Waals surface area contributed by atoms with E-state index in [1.165, 1.54) is 17.8 Å². The summed E-state index contributed by atoms with van der Waals surface area (Å²) in [5.41, 5.74) is 1.07. The van der Waals surface area contributed by atoms with Gasteiger partial charge in [0.05, 0.1) is 18.8 Å². The van der Waals surface area contributed by atoms with Crippen LogP contribution in [0.25, 0.3) is 0 Å². The third-order valence-electron chi connectivity index (χ3n) is 3.53. The predicted molar refractivity (Wildman–Crippen MR) is 85.0 cm³/mol. The van der Waals surface area contributed by atoms with Crippen molar-refractivity contribution >= 4 is 29.6 Å². The molecule has 114 valence electrons. The van der Waals surface area contributed by atoms with Gasteiger partial charge < -0.3 is 9.69 Å². The highest BCUT2D eigenvalue weighted by Gasteiger charge is 2.25. The molecule has 2 rings (SSSR count). The molecule has 0 saturated carbocycles. The Bertz CT molecular complexity index is 528. The first-order valence-corrected chi connectivity index (χ1v) is 8.26. The van der Waals surface area contributed by atoms with Crippen LogP contribution in [0.1, 0.15) is 19.8 Å². The summed E-state index contributed by atoms with van der Waals surface area (Å²) in [6.45, 7) is 4.07. The lowest BCUT2D eigenvalue weighted by molar-refractivity contribution is -0.108. The summed E-state index contributed by atoms with van der Waals surface area (Å²) in [4.78, 5) is 21.8. The fourth-order valence-corrected chi connectivity index (χ4v) is 2.51. The molecule has 1 aromatic rings. The van der Waals surface area contributed by atoms with E-state index in [4.69, 9.17) is 0 Å². The molecule has 0 amide bonds. The number of anilines is 1. The lowest BCUT2D eigenvalue weighted by Gasteiger charge is -2.34. The number of carbonyl (C=O) groups is 1. The maximum absolute atomic E-state index is 13.9. The molecule has 0 aliphatic carbocycles. The summed E-state index contributed by atoms with van der Waals surface area (Å²) < 4.78 is 13.9. The highest BCUT2D eigenvalue weighted by atomic mass is 32.2. The van der Waals surface area contributed by atoms with E-state index >= 15 is 0 Å². The fraction of sp³-hybridized carbons (Fsp3) is 0.533. The fourth-order valence-electron chi connectivity index (χ4n) is 2.13. The normalized spacial score (nSPS) is 15.6. The molecule has 0 N–H and O–H groups in total. The van der Waals surface area contributed by atoms with Gasteiger partial charge in [-0.15, -0.1) is 11.8 Å². The standard InChI is InChI=1S/C15H20FN3OS/c1-11(4-6-20)3-5-17-12-9-19(10-12)15-14(16)7-13(21-2)8-18-15/h6-8,11H,3-5,9-10H2,1-2H3. The van der Waals surface area contributed by atoms with E-state index in [1.807, 2.05) is 18.1 Å². The van der Waals surface area contributed by atoms with Gasteiger partial charge in [0.15, 0.2) is 11.6 Å². The van der Waals surface area contributed by atoms with Crippen LogP contribution in [0.2, 0.25) is 0 Å². The minimum Gasteiger partial charge on any atom is -0.343 e. The molecule has 1 saturated heterocycles. The Morgan fingerprint density at radius 1 is 1.57 bits per heavy atom. The Hall–Kier alpha value is -1.43. The van der Waals surface area contributed by atoms with Crippen molar-refractivity contribution in [1.29, 1.82) is 0 Å². The smallest absolute Gasteiger partial charge is 0.166 e. The topological polar surface area (TPSA) is 45.6 Å². The van der Waals surface area contributed by atoms with Gasteiger partial charge in [-0.2, -0.15) is 0 Å². The molecule has 1 aliphatic rings. The molecule has 4 nitrogen and oxygen atoms in total. The molecule has 0 spiro atoms. The Labute approximate surface area is 128 Å². The molecule has 6 heteroatoms. The third kappa shape index (κ3) is 4.27. The third-order valence-corrected chi connectivity index (χ3v) is 4.23. The average molecular weight is 309 g/mol. The zero-order valence-corrected chi connectivity index (χ0v) is 13.2. The van der Waals surface area contributed by atoms with Gasteiger partial charge in [-0.25, -0.2) is 9.37 Å². The summed E-state index contributed by atoms with van der Waals surface area (Å²) in [5.74, 6) is 0.503. The molecule has 21 heavy (non-hydrogen) atoms. The molecule has 0 radical (unpaired) electrons. The first-order valence-electron chi connectivity index (χ1n) is 7.04. The first kappa shape index (κ1) is 15.9. The van der Waals surface area contributed by atoms with Crippen molar-refractivity contribution in [3.05, 3.63) is 18.1 Å². The zero-order valence-electron chi connectivity index (χ0n) is 12.4. The van der Waals surface area contributed by atoms with Gasteiger partial charge in [0.1, 0.15) is 6.29 Å². The summed E-state index contributed by atoms with van der Waals surface area (Å²) in [7, 11) is 0. The Kier molecular flexibility index (Phi) is 5.73. The first-order chi connectivity index (χ1) is 10.1. The van der Waals surface area contributed by atoms with E-state index in [1.54, 1.807) is 6.20 Å². The predicted octanol–water partition coefficient (Wildman–Crippen LogP) is 2.82. The van der Waals surface area contributed by atoms with E-state index in [9.17, 15) is 9.18 Å². The van der Waals surface area contributed by atoms with Crippen molar-refractivity contribution in [2.24, 2.45) is 10.9 Å². The summed E-state index contributed by atoms with van der Waals surface area (Å²) in [6.07, 6.45) is 6.05. The number of pyridine rings is 1. The van der Waals surface area contributed by atoms with E-state index in [0.717, 1.165) is 29.9 Å². The van der Waals surface area contributed by atoms with Crippen molar-refractivity contribution in [2.45, 2.75) is 24.7 Å². The molecule has 1 fully saturated rings. The van der Waals surface area contributed by atoms with Crippen molar-refractivity contribution < 1.29 is 9.18 Å². The second-order valence-electron chi connectivity index (χ2n) is 5.28. The van der Waals surface area contributed by atoms with Crippen LogP contribution in [0.3, 0.4) is 0 Å². The second kappa shape index (κ2) is 7.54. The number of carbonyl (C=O) groups excluding carboxylic acids is 1. The SMILES string of the molecule is CSc1cnc(N2CC(=NCCC(C)CC=O)C2)c(F)c1. The lowest BCUT2D eigenvalue weighted by Crippen LogP contribution is -2.48. The minimum atomic E-state index is -0.277. The van der Waals surface area contributed by atoms with E-state index < -0.39 is 0 Å².